The molecule has 0 saturated carbocycles. The first-order valence-electron chi connectivity index (χ1n) is 9.79. The highest BCUT2D eigenvalue weighted by Gasteiger charge is 2.37. The highest BCUT2D eigenvalue weighted by atomic mass is 32.1. The van der Waals surface area contributed by atoms with Gasteiger partial charge in [-0.05, 0) is 49.2 Å². The molecule has 2 heterocycles. The monoisotopic (exact) mass is 469 g/mol. The number of H-pyrrole nitrogens is 1. The van der Waals surface area contributed by atoms with Crippen molar-refractivity contribution in [3.8, 4) is 0 Å². The number of aliphatic hydroxyl groups is 1. The van der Waals surface area contributed by atoms with Crippen molar-refractivity contribution in [2.24, 2.45) is 0 Å². The molecule has 1 saturated heterocycles. The Hall–Kier alpha value is -2.92. The number of rotatable bonds is 4. The molecular formula is C21H19F4N3O3S. The third-order valence-corrected chi connectivity index (χ3v) is 6.35. The second kappa shape index (κ2) is 8.21. The van der Waals surface area contributed by atoms with E-state index >= 15 is 0 Å². The van der Waals surface area contributed by atoms with Crippen LogP contribution < -0.4 is 15.1 Å². The van der Waals surface area contributed by atoms with Gasteiger partial charge >= 0.3 is 11.0 Å². The van der Waals surface area contributed by atoms with Crippen molar-refractivity contribution in [2.75, 3.05) is 23.3 Å². The van der Waals surface area contributed by atoms with Gasteiger partial charge in [0.1, 0.15) is 5.82 Å². The van der Waals surface area contributed by atoms with Crippen LogP contribution in [0, 0.1) is 5.82 Å². The summed E-state index contributed by atoms with van der Waals surface area (Å²) in [5.74, 6) is -1.75. The van der Waals surface area contributed by atoms with Crippen LogP contribution in [0.5, 0.6) is 0 Å². The number of anilines is 2. The van der Waals surface area contributed by atoms with Gasteiger partial charge in [0.25, 0.3) is 0 Å². The molecule has 1 aliphatic heterocycles. The molecule has 0 bridgehead atoms. The highest BCUT2D eigenvalue weighted by molar-refractivity contribution is 7.16. The van der Waals surface area contributed by atoms with Crippen LogP contribution in [0.4, 0.5) is 28.9 Å². The zero-order valence-corrected chi connectivity index (χ0v) is 17.4. The molecule has 11 heteroatoms. The van der Waals surface area contributed by atoms with Gasteiger partial charge in [-0.25, -0.2) is 4.39 Å². The molecule has 0 radical (unpaired) electrons. The number of fused-ring (bicyclic) bond motifs is 1. The molecule has 0 spiro atoms. The molecule has 32 heavy (non-hydrogen) atoms. The molecule has 0 unspecified atom stereocenters. The Bertz CT molecular complexity index is 1210. The topological polar surface area (TPSA) is 85.4 Å². The molecule has 0 atom stereocenters. The standard InChI is InChI=1S/C21H19F4N3O3S/c22-15-3-2-13(10-14(15)21(23,24)25)28-7-5-20(31,6-8-28)11-18(29)26-12-1-4-16-17(9-12)32-19(30)27-16/h1-4,9-10,31H,5-8,11H2,(H,26,29)(H,27,30). The number of hydrogen-bond donors (Lipinski definition) is 3. The average molecular weight is 469 g/mol. The number of nitrogens with zero attached hydrogens (tertiary/aromatic N) is 1. The van der Waals surface area contributed by atoms with Crippen LogP contribution >= 0.6 is 11.3 Å². The average Bonchev–Trinajstić information content (AvgIpc) is 3.07. The summed E-state index contributed by atoms with van der Waals surface area (Å²) in [6.45, 7) is 0.436. The number of aromatic nitrogens is 1. The van der Waals surface area contributed by atoms with E-state index in [9.17, 15) is 32.3 Å². The molecule has 170 valence electrons. The number of halogens is 4. The Kier molecular flexibility index (Phi) is 5.72. The molecule has 1 aromatic heterocycles. The second-order valence-electron chi connectivity index (χ2n) is 7.82. The molecule has 6 nitrogen and oxygen atoms in total. The minimum atomic E-state index is -4.80. The lowest BCUT2D eigenvalue weighted by molar-refractivity contribution is -0.140. The van der Waals surface area contributed by atoms with Gasteiger partial charge in [-0.2, -0.15) is 13.2 Å². The van der Waals surface area contributed by atoms with Crippen molar-refractivity contribution in [2.45, 2.75) is 31.0 Å². The van der Waals surface area contributed by atoms with Gasteiger partial charge in [0.05, 0.1) is 27.8 Å². The molecule has 4 rings (SSSR count). The predicted molar refractivity (Wildman–Crippen MR) is 113 cm³/mol. The van der Waals surface area contributed by atoms with E-state index in [1.165, 1.54) is 6.07 Å². The van der Waals surface area contributed by atoms with E-state index in [1.807, 2.05) is 0 Å². The fourth-order valence-electron chi connectivity index (χ4n) is 3.81. The van der Waals surface area contributed by atoms with Crippen molar-refractivity contribution < 1.29 is 27.5 Å². The zero-order chi connectivity index (χ0) is 23.1. The maximum Gasteiger partial charge on any atom is 0.419 e. The van der Waals surface area contributed by atoms with E-state index in [1.54, 1.807) is 23.1 Å². The number of thiazole rings is 1. The number of nitrogens with one attached hydrogen (secondary N) is 2. The van der Waals surface area contributed by atoms with Gasteiger partial charge in [-0.15, -0.1) is 0 Å². The molecule has 1 aliphatic rings. The Morgan fingerprint density at radius 1 is 1.19 bits per heavy atom. The number of carbonyl (C=O) groups excluding carboxylic acids is 1. The van der Waals surface area contributed by atoms with Crippen LogP contribution in [0.25, 0.3) is 10.2 Å². The summed E-state index contributed by atoms with van der Waals surface area (Å²) in [6, 6.07) is 7.79. The Balaban J connectivity index is 1.38. The van der Waals surface area contributed by atoms with Gasteiger partial charge < -0.3 is 20.3 Å². The van der Waals surface area contributed by atoms with Crippen LogP contribution in [0.3, 0.4) is 0 Å². The summed E-state index contributed by atoms with van der Waals surface area (Å²) in [5.41, 5.74) is -1.27. The number of aromatic amines is 1. The Labute approximate surface area is 183 Å². The zero-order valence-electron chi connectivity index (χ0n) is 16.6. The summed E-state index contributed by atoms with van der Waals surface area (Å²) in [7, 11) is 0. The lowest BCUT2D eigenvalue weighted by atomic mass is 9.87. The molecule has 1 amide bonds. The third kappa shape index (κ3) is 4.78. The molecule has 2 aromatic carbocycles. The number of benzene rings is 2. The van der Waals surface area contributed by atoms with Crippen LogP contribution in [-0.4, -0.2) is 34.7 Å². The maximum atomic E-state index is 13.5. The van der Waals surface area contributed by atoms with Gasteiger partial charge in [0.15, 0.2) is 0 Å². The van der Waals surface area contributed by atoms with Crippen LogP contribution in [-0.2, 0) is 11.0 Å². The van der Waals surface area contributed by atoms with Gasteiger partial charge in [0, 0.05) is 24.5 Å². The van der Waals surface area contributed by atoms with Crippen molar-refractivity contribution in [1.29, 1.82) is 0 Å². The summed E-state index contributed by atoms with van der Waals surface area (Å²) in [4.78, 5) is 28.0. The molecule has 3 N–H and O–H groups in total. The third-order valence-electron chi connectivity index (χ3n) is 5.51. The fourth-order valence-corrected chi connectivity index (χ4v) is 4.59. The number of piperidine rings is 1. The number of amides is 1. The van der Waals surface area contributed by atoms with Gasteiger partial charge in [-0.3, -0.25) is 9.59 Å². The van der Waals surface area contributed by atoms with Crippen molar-refractivity contribution >= 4 is 38.8 Å². The van der Waals surface area contributed by atoms with Crippen molar-refractivity contribution in [3.63, 3.8) is 0 Å². The van der Waals surface area contributed by atoms with E-state index < -0.39 is 29.1 Å². The van der Waals surface area contributed by atoms with Gasteiger partial charge in [0.2, 0.25) is 5.91 Å². The van der Waals surface area contributed by atoms with Crippen LogP contribution in [0.1, 0.15) is 24.8 Å². The number of carbonyl (C=O) groups is 1. The number of alkyl halides is 3. The molecule has 0 aliphatic carbocycles. The van der Waals surface area contributed by atoms with E-state index in [0.29, 0.717) is 15.9 Å². The molecule has 1 fully saturated rings. The lowest BCUT2D eigenvalue weighted by Gasteiger charge is -2.39. The first kappa shape index (κ1) is 22.3. The molecular weight excluding hydrogens is 450 g/mol. The Morgan fingerprint density at radius 2 is 1.91 bits per heavy atom. The lowest BCUT2D eigenvalue weighted by Crippen LogP contribution is -2.46. The highest BCUT2D eigenvalue weighted by Crippen LogP contribution is 2.35. The fraction of sp³-hybridized carbons (Fsp3) is 0.333. The quantitative estimate of drug-likeness (QED) is 0.502. The Morgan fingerprint density at radius 3 is 2.59 bits per heavy atom. The van der Waals surface area contributed by atoms with Crippen LogP contribution in [0.2, 0.25) is 0 Å². The summed E-state index contributed by atoms with van der Waals surface area (Å²) < 4.78 is 53.1. The van der Waals surface area contributed by atoms with Crippen molar-refractivity contribution in [3.05, 3.63) is 57.4 Å². The van der Waals surface area contributed by atoms with Gasteiger partial charge in [-0.1, -0.05) is 11.3 Å². The maximum absolute atomic E-state index is 13.5. The molecule has 3 aromatic rings. The smallest absolute Gasteiger partial charge is 0.389 e. The van der Waals surface area contributed by atoms with E-state index in [0.717, 1.165) is 23.5 Å². The first-order valence-corrected chi connectivity index (χ1v) is 10.6. The first-order chi connectivity index (χ1) is 15.0. The minimum Gasteiger partial charge on any atom is -0.389 e. The normalized spacial score (nSPS) is 16.3. The van der Waals surface area contributed by atoms with E-state index in [-0.39, 0.29) is 42.9 Å². The number of hydrogen-bond acceptors (Lipinski definition) is 5. The summed E-state index contributed by atoms with van der Waals surface area (Å²) in [6.07, 6.45) is -4.65. The van der Waals surface area contributed by atoms with E-state index in [4.69, 9.17) is 0 Å². The second-order valence-corrected chi connectivity index (χ2v) is 8.84. The SMILES string of the molecule is O=C(CC1(O)CCN(c2ccc(F)c(C(F)(F)F)c2)CC1)Nc1ccc2[nH]c(=O)sc2c1. The van der Waals surface area contributed by atoms with E-state index in [2.05, 4.69) is 10.3 Å². The summed E-state index contributed by atoms with van der Waals surface area (Å²) >= 11 is 1.02. The summed E-state index contributed by atoms with van der Waals surface area (Å²) in [5, 5.41) is 13.5. The minimum absolute atomic E-state index is 0.164. The van der Waals surface area contributed by atoms with Crippen LogP contribution in [0.15, 0.2) is 41.2 Å². The predicted octanol–water partition coefficient (Wildman–Crippen LogP) is 4.11. The van der Waals surface area contributed by atoms with Crippen molar-refractivity contribution in [1.82, 2.24) is 4.98 Å². The largest absolute Gasteiger partial charge is 0.419 e.